The Balaban J connectivity index is 1.69. The largest absolute Gasteiger partial charge is 0.508 e. The molecule has 110 valence electrons. The number of phenolic OH excluding ortho intramolecular Hbond substituents is 1. The number of carbonyl (C=O) groups is 1. The number of amides is 1. The van der Waals surface area contributed by atoms with Gasteiger partial charge in [-0.05, 0) is 36.5 Å². The fourth-order valence-corrected chi connectivity index (χ4v) is 2.81. The molecule has 1 atom stereocenters. The van der Waals surface area contributed by atoms with Crippen molar-refractivity contribution in [1.29, 1.82) is 0 Å². The molecule has 1 amide bonds. The Labute approximate surface area is 120 Å². The molecule has 1 aliphatic carbocycles. The maximum Gasteiger partial charge on any atom is 0.237 e. The highest BCUT2D eigenvalue weighted by Crippen LogP contribution is 2.26. The lowest BCUT2D eigenvalue weighted by Crippen LogP contribution is -2.42. The van der Waals surface area contributed by atoms with Crippen molar-refractivity contribution in [3.8, 4) is 5.75 Å². The number of carbonyl (C=O) groups excluding carboxylic acids is 1. The molecule has 1 aromatic carbocycles. The summed E-state index contributed by atoms with van der Waals surface area (Å²) in [6, 6.07) is 6.28. The van der Waals surface area contributed by atoms with Gasteiger partial charge < -0.3 is 16.2 Å². The highest BCUT2D eigenvalue weighted by molar-refractivity contribution is 5.81. The van der Waals surface area contributed by atoms with E-state index < -0.39 is 6.04 Å². The molecule has 20 heavy (non-hydrogen) atoms. The van der Waals surface area contributed by atoms with Gasteiger partial charge in [0, 0.05) is 6.54 Å². The van der Waals surface area contributed by atoms with E-state index in [1.54, 1.807) is 24.3 Å². The van der Waals surface area contributed by atoms with E-state index in [1.807, 2.05) is 0 Å². The number of hydrogen-bond donors (Lipinski definition) is 3. The van der Waals surface area contributed by atoms with Crippen LogP contribution in [0.3, 0.4) is 0 Å². The van der Waals surface area contributed by atoms with Gasteiger partial charge in [-0.3, -0.25) is 4.79 Å². The quantitative estimate of drug-likeness (QED) is 0.743. The first-order valence-electron chi connectivity index (χ1n) is 7.46. The van der Waals surface area contributed by atoms with E-state index in [2.05, 4.69) is 5.32 Å². The van der Waals surface area contributed by atoms with Crippen LogP contribution in [0.5, 0.6) is 5.75 Å². The first kappa shape index (κ1) is 14.9. The predicted molar refractivity (Wildman–Crippen MR) is 79.4 cm³/mol. The molecule has 4 heteroatoms. The standard InChI is InChI=1S/C16H24N2O2/c17-15(11-13-5-7-14(19)8-6-13)16(20)18-10-9-12-3-1-2-4-12/h5-8,12,15,19H,1-4,9-11,17H2,(H,18,20)/t15-/m0/s1. The molecule has 4 nitrogen and oxygen atoms in total. The van der Waals surface area contributed by atoms with Crippen molar-refractivity contribution in [2.45, 2.75) is 44.6 Å². The van der Waals surface area contributed by atoms with Crippen molar-refractivity contribution in [2.75, 3.05) is 6.54 Å². The van der Waals surface area contributed by atoms with Gasteiger partial charge in [-0.25, -0.2) is 0 Å². The number of hydrogen-bond acceptors (Lipinski definition) is 3. The summed E-state index contributed by atoms with van der Waals surface area (Å²) in [6.07, 6.45) is 6.83. The fourth-order valence-electron chi connectivity index (χ4n) is 2.81. The van der Waals surface area contributed by atoms with Crippen molar-refractivity contribution >= 4 is 5.91 Å². The Morgan fingerprint density at radius 2 is 1.95 bits per heavy atom. The molecule has 1 aromatic rings. The van der Waals surface area contributed by atoms with E-state index >= 15 is 0 Å². The summed E-state index contributed by atoms with van der Waals surface area (Å²) in [5, 5.41) is 12.1. The summed E-state index contributed by atoms with van der Waals surface area (Å²) < 4.78 is 0. The molecule has 0 unspecified atom stereocenters. The molecule has 1 aliphatic rings. The lowest BCUT2D eigenvalue weighted by Gasteiger charge is -2.14. The lowest BCUT2D eigenvalue weighted by atomic mass is 10.0. The summed E-state index contributed by atoms with van der Waals surface area (Å²) in [6.45, 7) is 0.729. The Bertz CT molecular complexity index is 425. The van der Waals surface area contributed by atoms with E-state index in [-0.39, 0.29) is 11.7 Å². The van der Waals surface area contributed by atoms with Crippen LogP contribution in [0, 0.1) is 5.92 Å². The zero-order chi connectivity index (χ0) is 14.4. The number of nitrogens with one attached hydrogen (secondary N) is 1. The first-order chi connectivity index (χ1) is 9.65. The minimum absolute atomic E-state index is 0.0870. The van der Waals surface area contributed by atoms with Crippen LogP contribution < -0.4 is 11.1 Å². The second-order valence-electron chi connectivity index (χ2n) is 5.71. The van der Waals surface area contributed by atoms with Gasteiger partial charge in [-0.15, -0.1) is 0 Å². The molecule has 0 spiro atoms. The summed E-state index contributed by atoms with van der Waals surface area (Å²) in [4.78, 5) is 11.9. The van der Waals surface area contributed by atoms with Crippen LogP contribution in [0.2, 0.25) is 0 Å². The van der Waals surface area contributed by atoms with E-state index in [0.29, 0.717) is 6.42 Å². The van der Waals surface area contributed by atoms with Crippen molar-refractivity contribution < 1.29 is 9.90 Å². The van der Waals surface area contributed by atoms with Gasteiger partial charge in [-0.1, -0.05) is 37.8 Å². The smallest absolute Gasteiger partial charge is 0.237 e. The van der Waals surface area contributed by atoms with Crippen LogP contribution in [0.1, 0.15) is 37.7 Å². The van der Waals surface area contributed by atoms with Crippen molar-refractivity contribution in [3.63, 3.8) is 0 Å². The normalized spacial score (nSPS) is 17.1. The van der Waals surface area contributed by atoms with Gasteiger partial charge in [0.25, 0.3) is 0 Å². The minimum Gasteiger partial charge on any atom is -0.508 e. The Hall–Kier alpha value is -1.55. The Morgan fingerprint density at radius 1 is 1.30 bits per heavy atom. The van der Waals surface area contributed by atoms with Crippen LogP contribution in [-0.2, 0) is 11.2 Å². The third-order valence-corrected chi connectivity index (χ3v) is 4.06. The molecule has 0 saturated heterocycles. The van der Waals surface area contributed by atoms with Crippen molar-refractivity contribution in [1.82, 2.24) is 5.32 Å². The number of aromatic hydroxyl groups is 1. The maximum absolute atomic E-state index is 11.9. The molecular weight excluding hydrogens is 252 g/mol. The zero-order valence-corrected chi connectivity index (χ0v) is 11.8. The van der Waals surface area contributed by atoms with Crippen LogP contribution in [0.4, 0.5) is 0 Å². The van der Waals surface area contributed by atoms with Gasteiger partial charge in [0.15, 0.2) is 0 Å². The fraction of sp³-hybridized carbons (Fsp3) is 0.562. The number of benzene rings is 1. The van der Waals surface area contributed by atoms with Gasteiger partial charge in [0.1, 0.15) is 5.75 Å². The minimum atomic E-state index is -0.525. The van der Waals surface area contributed by atoms with E-state index in [0.717, 1.165) is 24.4 Å². The van der Waals surface area contributed by atoms with Gasteiger partial charge in [-0.2, -0.15) is 0 Å². The third kappa shape index (κ3) is 4.53. The topological polar surface area (TPSA) is 75.3 Å². The number of nitrogens with two attached hydrogens (primary N) is 1. The first-order valence-corrected chi connectivity index (χ1v) is 7.46. The Morgan fingerprint density at radius 3 is 2.60 bits per heavy atom. The second-order valence-corrected chi connectivity index (χ2v) is 5.71. The number of phenols is 1. The molecule has 4 N–H and O–H groups in total. The highest BCUT2D eigenvalue weighted by atomic mass is 16.3. The highest BCUT2D eigenvalue weighted by Gasteiger charge is 2.17. The molecule has 2 rings (SSSR count). The molecule has 0 radical (unpaired) electrons. The van der Waals surface area contributed by atoms with Crippen LogP contribution in [0.15, 0.2) is 24.3 Å². The average Bonchev–Trinajstić information content (AvgIpc) is 2.94. The number of rotatable bonds is 6. The van der Waals surface area contributed by atoms with Crippen molar-refractivity contribution in [3.05, 3.63) is 29.8 Å². The second kappa shape index (κ2) is 7.29. The predicted octanol–water partition coefficient (Wildman–Crippen LogP) is 1.96. The van der Waals surface area contributed by atoms with Crippen molar-refractivity contribution in [2.24, 2.45) is 11.7 Å². The summed E-state index contributed by atoms with van der Waals surface area (Å²) in [7, 11) is 0. The summed E-state index contributed by atoms with van der Waals surface area (Å²) in [5.74, 6) is 0.919. The SMILES string of the molecule is N[C@@H](Cc1ccc(O)cc1)C(=O)NCCC1CCCC1. The van der Waals surface area contributed by atoms with Gasteiger partial charge >= 0.3 is 0 Å². The molecular formula is C16H24N2O2. The monoisotopic (exact) mass is 276 g/mol. The van der Waals surface area contributed by atoms with Gasteiger partial charge in [0.05, 0.1) is 6.04 Å². The van der Waals surface area contributed by atoms with E-state index in [1.165, 1.54) is 25.7 Å². The molecule has 0 aromatic heterocycles. The Kier molecular flexibility index (Phi) is 5.41. The lowest BCUT2D eigenvalue weighted by molar-refractivity contribution is -0.122. The van der Waals surface area contributed by atoms with Crippen LogP contribution in [-0.4, -0.2) is 23.6 Å². The molecule has 1 saturated carbocycles. The van der Waals surface area contributed by atoms with E-state index in [4.69, 9.17) is 5.73 Å². The van der Waals surface area contributed by atoms with E-state index in [9.17, 15) is 9.90 Å². The van der Waals surface area contributed by atoms with Gasteiger partial charge in [0.2, 0.25) is 5.91 Å². The van der Waals surface area contributed by atoms with Crippen LogP contribution >= 0.6 is 0 Å². The summed E-state index contributed by atoms with van der Waals surface area (Å²) >= 11 is 0. The van der Waals surface area contributed by atoms with Crippen LogP contribution in [0.25, 0.3) is 0 Å². The summed E-state index contributed by atoms with van der Waals surface area (Å²) in [5.41, 5.74) is 6.87. The average molecular weight is 276 g/mol. The molecule has 1 fully saturated rings. The molecule has 0 aliphatic heterocycles. The molecule has 0 heterocycles. The third-order valence-electron chi connectivity index (χ3n) is 4.06. The molecule has 0 bridgehead atoms. The maximum atomic E-state index is 11.9. The zero-order valence-electron chi connectivity index (χ0n) is 11.8.